The number of carbonyl (C=O) groups is 1. The van der Waals surface area contributed by atoms with E-state index in [0.717, 1.165) is 0 Å². The molecule has 2 aromatic carbocycles. The average molecular weight is 339 g/mol. The number of ether oxygens (including phenoxy) is 1. The van der Waals surface area contributed by atoms with Crippen molar-refractivity contribution in [3.63, 3.8) is 0 Å². The van der Waals surface area contributed by atoms with Crippen molar-refractivity contribution in [2.24, 2.45) is 0 Å². The Bertz CT molecular complexity index is 705. The Morgan fingerprint density at radius 1 is 1.21 bits per heavy atom. The fraction of sp³-hybridized carbons (Fsp3) is 0.235. The number of carbonyl (C=O) groups excluding carboxylic acids is 1. The number of aliphatic hydroxyl groups excluding tert-OH is 1. The Labute approximate surface area is 136 Å². The molecule has 1 amide bonds. The number of hydrogen-bond acceptors (Lipinski definition) is 3. The number of amides is 1. The first kappa shape index (κ1) is 17.8. The molecule has 0 spiro atoms. The molecule has 0 heterocycles. The average Bonchev–Trinajstić information content (AvgIpc) is 2.55. The van der Waals surface area contributed by atoms with Crippen molar-refractivity contribution in [2.75, 3.05) is 6.54 Å². The lowest BCUT2D eigenvalue weighted by molar-refractivity contribution is -0.0498. The summed E-state index contributed by atoms with van der Waals surface area (Å²) in [6.45, 7) is -1.53. The van der Waals surface area contributed by atoms with E-state index >= 15 is 0 Å². The molecule has 0 aromatic heterocycles. The zero-order chi connectivity index (χ0) is 17.7. The third-order valence-corrected chi connectivity index (χ3v) is 3.38. The van der Waals surface area contributed by atoms with E-state index in [9.17, 15) is 23.1 Å². The van der Waals surface area contributed by atoms with E-state index in [1.54, 1.807) is 19.1 Å². The molecule has 1 unspecified atom stereocenters. The van der Waals surface area contributed by atoms with Crippen LogP contribution in [0.4, 0.5) is 13.2 Å². The third kappa shape index (κ3) is 4.48. The monoisotopic (exact) mass is 339 g/mol. The van der Waals surface area contributed by atoms with Crippen molar-refractivity contribution in [1.82, 2.24) is 5.32 Å². The lowest BCUT2D eigenvalue weighted by Crippen LogP contribution is -2.29. The Kier molecular flexibility index (Phi) is 5.81. The Balaban J connectivity index is 1.96. The topological polar surface area (TPSA) is 58.6 Å². The van der Waals surface area contributed by atoms with Crippen LogP contribution in [-0.4, -0.2) is 24.2 Å². The van der Waals surface area contributed by atoms with Gasteiger partial charge in [-0.25, -0.2) is 4.39 Å². The van der Waals surface area contributed by atoms with Crippen LogP contribution < -0.4 is 10.1 Å². The summed E-state index contributed by atoms with van der Waals surface area (Å²) in [5.41, 5.74) is 0.641. The SMILES string of the molecule is Cc1cccc(C(=O)NCC(O)c2ccc(OC(F)F)cc2)c1F. The minimum atomic E-state index is -2.93. The number of nitrogens with one attached hydrogen (secondary N) is 1. The molecule has 2 N–H and O–H groups in total. The largest absolute Gasteiger partial charge is 0.435 e. The molecule has 0 aliphatic rings. The van der Waals surface area contributed by atoms with Gasteiger partial charge in [-0.3, -0.25) is 4.79 Å². The summed E-state index contributed by atoms with van der Waals surface area (Å²) in [5.74, 6) is -1.29. The van der Waals surface area contributed by atoms with E-state index in [2.05, 4.69) is 10.1 Å². The maximum atomic E-state index is 13.8. The van der Waals surface area contributed by atoms with Crippen LogP contribution in [0.5, 0.6) is 5.75 Å². The zero-order valence-electron chi connectivity index (χ0n) is 12.8. The van der Waals surface area contributed by atoms with Gasteiger partial charge in [0.25, 0.3) is 5.91 Å². The van der Waals surface area contributed by atoms with Crippen LogP contribution in [0.2, 0.25) is 0 Å². The van der Waals surface area contributed by atoms with Crippen molar-refractivity contribution in [2.45, 2.75) is 19.6 Å². The van der Waals surface area contributed by atoms with Gasteiger partial charge in [-0.05, 0) is 36.2 Å². The normalized spacial score (nSPS) is 12.1. The fourth-order valence-corrected chi connectivity index (χ4v) is 2.10. The minimum Gasteiger partial charge on any atom is -0.435 e. The summed E-state index contributed by atoms with van der Waals surface area (Å²) in [5, 5.41) is 12.4. The standard InChI is InChI=1S/C17H16F3NO3/c1-10-3-2-4-13(15(10)18)16(23)21-9-14(22)11-5-7-12(8-6-11)24-17(19)20/h2-8,14,17,22H,9H2,1H3,(H,21,23). The number of aliphatic hydroxyl groups is 1. The summed E-state index contributed by atoms with van der Waals surface area (Å²) in [4.78, 5) is 12.0. The van der Waals surface area contributed by atoms with Gasteiger partial charge in [-0.2, -0.15) is 8.78 Å². The molecule has 0 aliphatic heterocycles. The van der Waals surface area contributed by atoms with E-state index < -0.39 is 24.4 Å². The van der Waals surface area contributed by atoms with E-state index in [-0.39, 0.29) is 17.9 Å². The smallest absolute Gasteiger partial charge is 0.387 e. The van der Waals surface area contributed by atoms with Gasteiger partial charge < -0.3 is 15.2 Å². The molecule has 0 saturated heterocycles. The second-order valence-corrected chi connectivity index (χ2v) is 5.11. The van der Waals surface area contributed by atoms with Gasteiger partial charge in [0, 0.05) is 6.54 Å². The molecule has 4 nitrogen and oxygen atoms in total. The molecular weight excluding hydrogens is 323 g/mol. The van der Waals surface area contributed by atoms with Gasteiger partial charge in [0.05, 0.1) is 11.7 Å². The number of benzene rings is 2. The highest BCUT2D eigenvalue weighted by Crippen LogP contribution is 2.19. The number of rotatable bonds is 6. The molecule has 0 fully saturated rings. The molecule has 0 aliphatic carbocycles. The number of alkyl halides is 2. The number of halogens is 3. The molecule has 2 aromatic rings. The molecule has 0 radical (unpaired) electrons. The molecule has 24 heavy (non-hydrogen) atoms. The van der Waals surface area contributed by atoms with Crippen molar-refractivity contribution in [3.05, 3.63) is 65.0 Å². The molecule has 0 saturated carbocycles. The van der Waals surface area contributed by atoms with E-state index in [0.29, 0.717) is 11.1 Å². The fourth-order valence-electron chi connectivity index (χ4n) is 2.10. The second-order valence-electron chi connectivity index (χ2n) is 5.11. The maximum Gasteiger partial charge on any atom is 0.387 e. The van der Waals surface area contributed by atoms with Crippen LogP contribution in [0.3, 0.4) is 0 Å². The highest BCUT2D eigenvalue weighted by atomic mass is 19.3. The summed E-state index contributed by atoms with van der Waals surface area (Å²) < 4.78 is 42.2. The molecule has 7 heteroatoms. The zero-order valence-corrected chi connectivity index (χ0v) is 12.8. The molecule has 2 rings (SSSR count). The highest BCUT2D eigenvalue weighted by Gasteiger charge is 2.15. The Morgan fingerprint density at radius 3 is 2.50 bits per heavy atom. The first-order valence-corrected chi connectivity index (χ1v) is 7.14. The van der Waals surface area contributed by atoms with Crippen LogP contribution in [-0.2, 0) is 0 Å². The van der Waals surface area contributed by atoms with Gasteiger partial charge in [-0.15, -0.1) is 0 Å². The van der Waals surface area contributed by atoms with Crippen LogP contribution in [0, 0.1) is 12.7 Å². The summed E-state index contributed by atoms with van der Waals surface area (Å²) in [6.07, 6.45) is -1.07. The predicted octanol–water partition coefficient (Wildman–Crippen LogP) is 3.20. The first-order chi connectivity index (χ1) is 11.4. The molecule has 1 atom stereocenters. The lowest BCUT2D eigenvalue weighted by atomic mass is 10.1. The van der Waals surface area contributed by atoms with E-state index in [1.165, 1.54) is 30.3 Å². The number of aryl methyl sites for hydroxylation is 1. The molecular formula is C17H16F3NO3. The van der Waals surface area contributed by atoms with Crippen molar-refractivity contribution in [1.29, 1.82) is 0 Å². The summed E-state index contributed by atoms with van der Waals surface area (Å²) in [6, 6.07) is 9.83. The van der Waals surface area contributed by atoms with Crippen molar-refractivity contribution in [3.8, 4) is 5.75 Å². The second kappa shape index (κ2) is 7.83. The Morgan fingerprint density at radius 2 is 1.88 bits per heavy atom. The predicted molar refractivity (Wildman–Crippen MR) is 81.5 cm³/mol. The quantitative estimate of drug-likeness (QED) is 0.850. The maximum absolute atomic E-state index is 13.8. The molecule has 128 valence electrons. The van der Waals surface area contributed by atoms with Gasteiger partial charge in [0.2, 0.25) is 0 Å². The van der Waals surface area contributed by atoms with Crippen LogP contribution in [0.1, 0.15) is 27.6 Å². The Hall–Kier alpha value is -2.54. The molecule has 0 bridgehead atoms. The van der Waals surface area contributed by atoms with Gasteiger partial charge in [0.15, 0.2) is 0 Å². The van der Waals surface area contributed by atoms with Crippen molar-refractivity contribution >= 4 is 5.91 Å². The summed E-state index contributed by atoms with van der Waals surface area (Å²) in [7, 11) is 0. The number of hydrogen-bond donors (Lipinski definition) is 2. The van der Waals surface area contributed by atoms with Gasteiger partial charge >= 0.3 is 6.61 Å². The minimum absolute atomic E-state index is 0.0354. The lowest BCUT2D eigenvalue weighted by Gasteiger charge is -2.13. The van der Waals surface area contributed by atoms with Gasteiger partial charge in [0.1, 0.15) is 11.6 Å². The van der Waals surface area contributed by atoms with E-state index in [1.807, 2.05) is 0 Å². The van der Waals surface area contributed by atoms with Gasteiger partial charge in [-0.1, -0.05) is 24.3 Å². The third-order valence-electron chi connectivity index (χ3n) is 3.38. The van der Waals surface area contributed by atoms with Crippen molar-refractivity contribution < 1.29 is 27.8 Å². The first-order valence-electron chi connectivity index (χ1n) is 7.14. The van der Waals surface area contributed by atoms with Crippen LogP contribution in [0.25, 0.3) is 0 Å². The van der Waals surface area contributed by atoms with Crippen LogP contribution in [0.15, 0.2) is 42.5 Å². The highest BCUT2D eigenvalue weighted by molar-refractivity contribution is 5.94. The van der Waals surface area contributed by atoms with E-state index in [4.69, 9.17) is 0 Å². The van der Waals surface area contributed by atoms with Crippen LogP contribution >= 0.6 is 0 Å². The summed E-state index contributed by atoms with van der Waals surface area (Å²) >= 11 is 0.